The average Bonchev–Trinajstić information content (AvgIpc) is 3.03. The Kier molecular flexibility index (Phi) is 4.32. The zero-order chi connectivity index (χ0) is 17.9. The first-order valence-corrected chi connectivity index (χ1v) is 8.53. The highest BCUT2D eigenvalue weighted by Gasteiger charge is 2.07. The molecule has 0 radical (unpaired) electrons. The summed E-state index contributed by atoms with van der Waals surface area (Å²) in [7, 11) is 0. The number of ether oxygens (including phenoxy) is 1. The molecule has 0 aliphatic heterocycles. The molecule has 0 aliphatic rings. The second-order valence-corrected chi connectivity index (χ2v) is 6.26. The van der Waals surface area contributed by atoms with E-state index >= 15 is 0 Å². The van der Waals surface area contributed by atoms with Gasteiger partial charge in [0, 0.05) is 17.2 Å². The molecule has 1 N–H and O–H groups in total. The van der Waals surface area contributed by atoms with Crippen molar-refractivity contribution < 1.29 is 19.1 Å². The van der Waals surface area contributed by atoms with Crippen LogP contribution < -0.4 is 4.74 Å². The van der Waals surface area contributed by atoms with Gasteiger partial charge in [0.1, 0.15) is 23.5 Å². The van der Waals surface area contributed by atoms with Crippen LogP contribution in [0.3, 0.4) is 0 Å². The van der Waals surface area contributed by atoms with Crippen molar-refractivity contribution in [2.24, 2.45) is 0 Å². The SMILES string of the molecule is O=C(O)CCc1ccc(OCc2ccc3oc4ccccc4c3c2)cc1. The zero-order valence-electron chi connectivity index (χ0n) is 14.1. The van der Waals surface area contributed by atoms with Crippen molar-refractivity contribution in [3.63, 3.8) is 0 Å². The number of rotatable bonds is 6. The summed E-state index contributed by atoms with van der Waals surface area (Å²) in [6.07, 6.45) is 0.665. The van der Waals surface area contributed by atoms with Crippen LogP contribution in [0.4, 0.5) is 0 Å². The lowest BCUT2D eigenvalue weighted by atomic mass is 10.1. The molecule has 0 spiro atoms. The third kappa shape index (κ3) is 3.40. The van der Waals surface area contributed by atoms with Gasteiger partial charge in [-0.25, -0.2) is 0 Å². The third-order valence-electron chi connectivity index (χ3n) is 4.40. The Morgan fingerprint density at radius 1 is 0.885 bits per heavy atom. The summed E-state index contributed by atoms with van der Waals surface area (Å²) in [5, 5.41) is 10.9. The largest absolute Gasteiger partial charge is 0.489 e. The van der Waals surface area contributed by atoms with E-state index in [4.69, 9.17) is 14.3 Å². The summed E-state index contributed by atoms with van der Waals surface area (Å²) in [6.45, 7) is 0.462. The van der Waals surface area contributed by atoms with Crippen molar-refractivity contribution in [3.8, 4) is 5.75 Å². The molecular weight excluding hydrogens is 328 g/mol. The first kappa shape index (κ1) is 16.2. The number of aliphatic carboxylic acids is 1. The Morgan fingerprint density at radius 2 is 1.62 bits per heavy atom. The molecule has 0 atom stereocenters. The third-order valence-corrected chi connectivity index (χ3v) is 4.40. The van der Waals surface area contributed by atoms with Gasteiger partial charge in [0.25, 0.3) is 0 Å². The maximum atomic E-state index is 10.6. The first-order chi connectivity index (χ1) is 12.7. The van der Waals surface area contributed by atoms with E-state index < -0.39 is 5.97 Å². The second kappa shape index (κ2) is 6.92. The molecule has 4 nitrogen and oxygen atoms in total. The molecular formula is C22H18O4. The Balaban J connectivity index is 1.47. The summed E-state index contributed by atoms with van der Waals surface area (Å²) < 4.78 is 11.7. The normalized spacial score (nSPS) is 11.1. The van der Waals surface area contributed by atoms with Gasteiger partial charge in [0.15, 0.2) is 0 Å². The molecule has 130 valence electrons. The molecule has 4 rings (SSSR count). The quantitative estimate of drug-likeness (QED) is 0.522. The lowest BCUT2D eigenvalue weighted by Crippen LogP contribution is -1.98. The lowest BCUT2D eigenvalue weighted by Gasteiger charge is -2.07. The zero-order valence-corrected chi connectivity index (χ0v) is 14.1. The van der Waals surface area contributed by atoms with Crippen LogP contribution in [0.1, 0.15) is 17.5 Å². The van der Waals surface area contributed by atoms with Crippen LogP contribution >= 0.6 is 0 Å². The molecule has 0 bridgehead atoms. The fraction of sp³-hybridized carbons (Fsp3) is 0.136. The van der Waals surface area contributed by atoms with Crippen LogP contribution in [0.2, 0.25) is 0 Å². The first-order valence-electron chi connectivity index (χ1n) is 8.53. The van der Waals surface area contributed by atoms with Gasteiger partial charge < -0.3 is 14.3 Å². The summed E-state index contributed by atoms with van der Waals surface area (Å²) in [4.78, 5) is 10.6. The van der Waals surface area contributed by atoms with E-state index in [1.54, 1.807) is 0 Å². The Bertz CT molecular complexity index is 1060. The van der Waals surface area contributed by atoms with Crippen molar-refractivity contribution in [2.45, 2.75) is 19.4 Å². The molecule has 0 aliphatic carbocycles. The van der Waals surface area contributed by atoms with E-state index in [-0.39, 0.29) is 6.42 Å². The van der Waals surface area contributed by atoms with Crippen LogP contribution in [-0.2, 0) is 17.8 Å². The van der Waals surface area contributed by atoms with Crippen LogP contribution in [0.5, 0.6) is 5.75 Å². The molecule has 26 heavy (non-hydrogen) atoms. The van der Waals surface area contributed by atoms with E-state index in [1.807, 2.05) is 54.6 Å². The lowest BCUT2D eigenvalue weighted by molar-refractivity contribution is -0.136. The molecule has 1 heterocycles. The Morgan fingerprint density at radius 3 is 2.42 bits per heavy atom. The smallest absolute Gasteiger partial charge is 0.303 e. The van der Waals surface area contributed by atoms with Crippen molar-refractivity contribution in [3.05, 3.63) is 77.9 Å². The second-order valence-electron chi connectivity index (χ2n) is 6.26. The molecule has 1 aromatic heterocycles. The van der Waals surface area contributed by atoms with E-state index in [1.165, 1.54) is 0 Å². The minimum Gasteiger partial charge on any atom is -0.489 e. The standard InChI is InChI=1S/C22H18O4/c23-22(24)12-8-15-5-9-17(10-6-15)25-14-16-7-11-21-19(13-16)18-3-1-2-4-20(18)26-21/h1-7,9-11,13H,8,12,14H2,(H,23,24). The van der Waals surface area contributed by atoms with Gasteiger partial charge in [-0.05, 0) is 47.9 Å². The minimum atomic E-state index is -0.785. The molecule has 4 aromatic rings. The topological polar surface area (TPSA) is 59.7 Å². The highest BCUT2D eigenvalue weighted by Crippen LogP contribution is 2.29. The summed E-state index contributed by atoms with van der Waals surface area (Å²) in [6, 6.07) is 21.7. The average molecular weight is 346 g/mol. The van der Waals surface area contributed by atoms with Gasteiger partial charge in [0.05, 0.1) is 0 Å². The van der Waals surface area contributed by atoms with Gasteiger partial charge in [-0.3, -0.25) is 4.79 Å². The van der Waals surface area contributed by atoms with Crippen LogP contribution in [0.15, 0.2) is 71.1 Å². The predicted octanol–water partition coefficient (Wildman–Crippen LogP) is 5.18. The maximum Gasteiger partial charge on any atom is 0.303 e. The predicted molar refractivity (Wildman–Crippen MR) is 100 cm³/mol. The highest BCUT2D eigenvalue weighted by molar-refractivity contribution is 6.04. The molecule has 0 saturated carbocycles. The van der Waals surface area contributed by atoms with Crippen molar-refractivity contribution in [2.75, 3.05) is 0 Å². The number of benzene rings is 3. The molecule has 0 unspecified atom stereocenters. The summed E-state index contributed by atoms with van der Waals surface area (Å²) >= 11 is 0. The fourth-order valence-corrected chi connectivity index (χ4v) is 3.03. The summed E-state index contributed by atoms with van der Waals surface area (Å²) in [5.74, 6) is -0.0197. The highest BCUT2D eigenvalue weighted by atomic mass is 16.5. The van der Waals surface area contributed by atoms with Gasteiger partial charge in [-0.15, -0.1) is 0 Å². The monoisotopic (exact) mass is 346 g/mol. The Hall–Kier alpha value is -3.27. The maximum absolute atomic E-state index is 10.6. The van der Waals surface area contributed by atoms with Crippen molar-refractivity contribution in [1.82, 2.24) is 0 Å². The van der Waals surface area contributed by atoms with Crippen molar-refractivity contribution in [1.29, 1.82) is 0 Å². The summed E-state index contributed by atoms with van der Waals surface area (Å²) in [5.41, 5.74) is 3.82. The number of furan rings is 1. The number of hydrogen-bond donors (Lipinski definition) is 1. The van der Waals surface area contributed by atoms with Gasteiger partial charge in [-0.2, -0.15) is 0 Å². The van der Waals surface area contributed by atoms with E-state index in [2.05, 4.69) is 12.1 Å². The molecule has 0 fully saturated rings. The molecule has 3 aromatic carbocycles. The number of para-hydroxylation sites is 1. The number of hydrogen-bond acceptors (Lipinski definition) is 3. The van der Waals surface area contributed by atoms with Crippen LogP contribution in [-0.4, -0.2) is 11.1 Å². The molecule has 4 heteroatoms. The Labute approximate surface area is 150 Å². The number of aryl methyl sites for hydroxylation is 1. The number of carboxylic acid groups (broad SMARTS) is 1. The van der Waals surface area contributed by atoms with Crippen molar-refractivity contribution >= 4 is 27.9 Å². The van der Waals surface area contributed by atoms with Crippen LogP contribution in [0.25, 0.3) is 21.9 Å². The van der Waals surface area contributed by atoms with E-state index in [0.29, 0.717) is 13.0 Å². The molecule has 0 saturated heterocycles. The number of carbonyl (C=O) groups is 1. The van der Waals surface area contributed by atoms with Gasteiger partial charge in [-0.1, -0.05) is 36.4 Å². The number of carboxylic acids is 1. The fourth-order valence-electron chi connectivity index (χ4n) is 3.03. The number of fused-ring (bicyclic) bond motifs is 3. The van der Waals surface area contributed by atoms with E-state index in [9.17, 15) is 4.79 Å². The van der Waals surface area contributed by atoms with Gasteiger partial charge in [0.2, 0.25) is 0 Å². The van der Waals surface area contributed by atoms with E-state index in [0.717, 1.165) is 38.8 Å². The van der Waals surface area contributed by atoms with Crippen LogP contribution in [0, 0.1) is 0 Å². The minimum absolute atomic E-state index is 0.138. The molecule has 0 amide bonds. The van der Waals surface area contributed by atoms with Gasteiger partial charge >= 0.3 is 5.97 Å².